The molecule has 0 saturated carbocycles. The lowest BCUT2D eigenvalue weighted by molar-refractivity contribution is -0.763. The number of anilines is 1. The number of aromatic amines is 1. The average molecular weight is 440 g/mol. The Balaban J connectivity index is 1.93. The highest BCUT2D eigenvalue weighted by Gasteiger charge is 2.45. The standard InChI is InChI=1S/C23H23FN4O2S/c1-3-4-9-14-31-23-25-21(30)20-17-11-6-8-13-19(17)27(15(2)29)22(28(20)26-23)16-10-5-7-12-18(16)24/h5-8,10-13,22H,3-4,9,14H2,1-2H3/p+1/t22-/m0/s1. The number of nitrogens with one attached hydrogen (secondary N) is 1. The largest absolute Gasteiger partial charge is 0.325 e. The Morgan fingerprint density at radius 2 is 1.94 bits per heavy atom. The number of H-pyrrole nitrogens is 1. The van der Waals surface area contributed by atoms with Crippen molar-refractivity contribution in [2.75, 3.05) is 10.7 Å². The molecule has 8 heteroatoms. The second-order valence-electron chi connectivity index (χ2n) is 7.41. The molecule has 0 unspecified atom stereocenters. The Hall–Kier alpha value is -3.00. The molecule has 4 rings (SSSR count). The van der Waals surface area contributed by atoms with E-state index in [1.54, 1.807) is 42.5 Å². The SMILES string of the molecule is CCCCCSc1n[n+]2c(c(=O)[nH]1)-c1ccccc1N(C(C)=O)[C@@H]2c1ccccc1F. The molecule has 2 heterocycles. The van der Waals surface area contributed by atoms with Gasteiger partial charge in [0.1, 0.15) is 5.82 Å². The van der Waals surface area contributed by atoms with Crippen LogP contribution in [0.25, 0.3) is 11.3 Å². The van der Waals surface area contributed by atoms with Crippen LogP contribution in [-0.2, 0) is 4.79 Å². The van der Waals surface area contributed by atoms with Gasteiger partial charge in [-0.1, -0.05) is 55.8 Å². The van der Waals surface area contributed by atoms with Crippen molar-refractivity contribution < 1.29 is 13.9 Å². The normalized spacial score (nSPS) is 14.8. The number of amides is 1. The molecule has 2 aromatic carbocycles. The minimum absolute atomic E-state index is 0.266. The van der Waals surface area contributed by atoms with Gasteiger partial charge in [-0.2, -0.15) is 0 Å². The van der Waals surface area contributed by atoms with E-state index in [4.69, 9.17) is 0 Å². The van der Waals surface area contributed by atoms with E-state index in [9.17, 15) is 14.0 Å². The van der Waals surface area contributed by atoms with Crippen LogP contribution in [0.3, 0.4) is 0 Å². The molecule has 6 nitrogen and oxygen atoms in total. The number of aromatic nitrogens is 3. The third kappa shape index (κ3) is 3.99. The fourth-order valence-corrected chi connectivity index (χ4v) is 4.72. The van der Waals surface area contributed by atoms with Gasteiger partial charge in [-0.3, -0.25) is 14.6 Å². The van der Waals surface area contributed by atoms with Gasteiger partial charge in [0, 0.05) is 17.8 Å². The second kappa shape index (κ2) is 9.01. The number of fused-ring (bicyclic) bond motifs is 3. The molecular weight excluding hydrogens is 415 g/mol. The third-order valence-electron chi connectivity index (χ3n) is 5.27. The molecule has 0 aliphatic carbocycles. The van der Waals surface area contributed by atoms with Crippen molar-refractivity contribution >= 4 is 23.4 Å². The minimum Gasteiger partial charge on any atom is -0.291 e. The van der Waals surface area contributed by atoms with Gasteiger partial charge < -0.3 is 0 Å². The highest BCUT2D eigenvalue weighted by Crippen LogP contribution is 2.37. The molecule has 3 aromatic rings. The van der Waals surface area contributed by atoms with E-state index >= 15 is 0 Å². The van der Waals surface area contributed by atoms with Gasteiger partial charge in [-0.05, 0) is 35.4 Å². The van der Waals surface area contributed by atoms with Crippen LogP contribution in [0.15, 0.2) is 58.5 Å². The minimum atomic E-state index is -0.902. The maximum atomic E-state index is 14.9. The molecule has 0 bridgehead atoms. The first kappa shape index (κ1) is 21.2. The number of carbonyl (C=O) groups is 1. The molecule has 0 radical (unpaired) electrons. The summed E-state index contributed by atoms with van der Waals surface area (Å²) in [4.78, 5) is 30.3. The summed E-state index contributed by atoms with van der Waals surface area (Å²) in [6, 6.07) is 13.4. The summed E-state index contributed by atoms with van der Waals surface area (Å²) in [5, 5.41) is 5.12. The van der Waals surface area contributed by atoms with Crippen molar-refractivity contribution in [3.8, 4) is 11.3 Å². The average Bonchev–Trinajstić information content (AvgIpc) is 2.76. The molecule has 0 saturated heterocycles. The van der Waals surface area contributed by atoms with Crippen LogP contribution < -0.4 is 15.1 Å². The van der Waals surface area contributed by atoms with E-state index < -0.39 is 12.0 Å². The quantitative estimate of drug-likeness (QED) is 0.357. The van der Waals surface area contributed by atoms with Gasteiger partial charge in [0.15, 0.2) is 0 Å². The fourth-order valence-electron chi connectivity index (χ4n) is 3.86. The molecule has 1 N–H and O–H groups in total. The van der Waals surface area contributed by atoms with Gasteiger partial charge in [-0.25, -0.2) is 9.29 Å². The van der Waals surface area contributed by atoms with Crippen molar-refractivity contribution in [1.29, 1.82) is 0 Å². The zero-order chi connectivity index (χ0) is 22.0. The van der Waals surface area contributed by atoms with Crippen LogP contribution in [-0.4, -0.2) is 21.7 Å². The number of halogens is 1. The predicted molar refractivity (Wildman–Crippen MR) is 118 cm³/mol. The number of para-hydroxylation sites is 1. The number of hydrogen-bond acceptors (Lipinski definition) is 4. The Kier molecular flexibility index (Phi) is 6.18. The molecule has 1 aliphatic heterocycles. The van der Waals surface area contributed by atoms with Gasteiger partial charge in [-0.15, -0.1) is 0 Å². The van der Waals surface area contributed by atoms with Crippen molar-refractivity contribution in [3.05, 3.63) is 70.3 Å². The number of benzene rings is 2. The molecule has 0 fully saturated rings. The molecule has 1 aliphatic rings. The summed E-state index contributed by atoms with van der Waals surface area (Å²) in [7, 11) is 0. The number of unbranched alkanes of at least 4 members (excludes halogenated alkanes) is 2. The topological polar surface area (TPSA) is 69.9 Å². The highest BCUT2D eigenvalue weighted by molar-refractivity contribution is 7.99. The molecular formula is C23H24FN4O2S+. The van der Waals surface area contributed by atoms with Crippen molar-refractivity contribution in [3.63, 3.8) is 0 Å². The first-order valence-corrected chi connectivity index (χ1v) is 11.3. The van der Waals surface area contributed by atoms with E-state index in [0.717, 1.165) is 25.0 Å². The summed E-state index contributed by atoms with van der Waals surface area (Å²) < 4.78 is 16.4. The van der Waals surface area contributed by atoms with Crippen LogP contribution in [0.4, 0.5) is 10.1 Å². The maximum Gasteiger partial charge on any atom is 0.325 e. The highest BCUT2D eigenvalue weighted by atomic mass is 32.2. The Morgan fingerprint density at radius 3 is 2.68 bits per heavy atom. The summed E-state index contributed by atoms with van der Waals surface area (Å²) in [6.45, 7) is 3.57. The van der Waals surface area contributed by atoms with E-state index in [2.05, 4.69) is 17.0 Å². The summed E-state index contributed by atoms with van der Waals surface area (Å²) in [5.41, 5.74) is 1.41. The lowest BCUT2D eigenvalue weighted by Crippen LogP contribution is -2.60. The molecule has 31 heavy (non-hydrogen) atoms. The van der Waals surface area contributed by atoms with E-state index in [-0.39, 0.29) is 17.0 Å². The zero-order valence-corrected chi connectivity index (χ0v) is 18.3. The fraction of sp³-hybridized carbons (Fsp3) is 0.304. The number of thioether (sulfide) groups is 1. The van der Waals surface area contributed by atoms with Crippen LogP contribution in [0, 0.1) is 5.82 Å². The summed E-state index contributed by atoms with van der Waals surface area (Å²) >= 11 is 1.46. The third-order valence-corrected chi connectivity index (χ3v) is 6.22. The molecule has 1 atom stereocenters. The summed E-state index contributed by atoms with van der Waals surface area (Å²) in [5.74, 6) is 0.0851. The maximum absolute atomic E-state index is 14.9. The lowest BCUT2D eigenvalue weighted by Gasteiger charge is -2.31. The van der Waals surface area contributed by atoms with Gasteiger partial charge in [0.2, 0.25) is 11.1 Å². The van der Waals surface area contributed by atoms with E-state index in [1.807, 2.05) is 0 Å². The van der Waals surface area contributed by atoms with E-state index in [1.165, 1.54) is 34.3 Å². The van der Waals surface area contributed by atoms with Crippen LogP contribution in [0.2, 0.25) is 0 Å². The molecule has 1 aromatic heterocycles. The zero-order valence-electron chi connectivity index (χ0n) is 17.5. The monoisotopic (exact) mass is 439 g/mol. The molecule has 160 valence electrons. The number of hydrogen-bond donors (Lipinski definition) is 1. The van der Waals surface area contributed by atoms with Crippen LogP contribution >= 0.6 is 11.8 Å². The summed E-state index contributed by atoms with van der Waals surface area (Å²) in [6.07, 6.45) is 2.30. The van der Waals surface area contributed by atoms with Gasteiger partial charge in [0.05, 0.1) is 16.8 Å². The Bertz CT molecular complexity index is 1180. The smallest absolute Gasteiger partial charge is 0.291 e. The first-order chi connectivity index (χ1) is 15.0. The van der Waals surface area contributed by atoms with E-state index in [0.29, 0.717) is 22.1 Å². The molecule has 0 spiro atoms. The van der Waals surface area contributed by atoms with Crippen molar-refractivity contribution in [2.24, 2.45) is 0 Å². The Labute approximate surface area is 184 Å². The number of carbonyl (C=O) groups excluding carboxylic acids is 1. The number of rotatable bonds is 6. The number of nitrogens with zero attached hydrogens (tertiary/aromatic N) is 3. The van der Waals surface area contributed by atoms with Gasteiger partial charge >= 0.3 is 11.3 Å². The Morgan fingerprint density at radius 1 is 1.19 bits per heavy atom. The van der Waals surface area contributed by atoms with Crippen molar-refractivity contribution in [1.82, 2.24) is 10.1 Å². The van der Waals surface area contributed by atoms with Crippen LogP contribution in [0.1, 0.15) is 44.8 Å². The molecule has 1 amide bonds. The lowest BCUT2D eigenvalue weighted by atomic mass is 10.0. The predicted octanol–water partition coefficient (Wildman–Crippen LogP) is 4.06. The van der Waals surface area contributed by atoms with Crippen LogP contribution in [0.5, 0.6) is 0 Å². The second-order valence-corrected chi connectivity index (χ2v) is 8.49. The first-order valence-electron chi connectivity index (χ1n) is 10.4. The van der Waals surface area contributed by atoms with Gasteiger partial charge in [0.25, 0.3) is 6.17 Å². The van der Waals surface area contributed by atoms with Crippen molar-refractivity contribution in [2.45, 2.75) is 44.4 Å².